The molecule has 160 valence electrons. The zero-order valence-electron chi connectivity index (χ0n) is 17.4. The lowest BCUT2D eigenvalue weighted by atomic mass is 9.89. The van der Waals surface area contributed by atoms with Crippen LogP contribution >= 0.6 is 12.4 Å². The van der Waals surface area contributed by atoms with Gasteiger partial charge in [0.15, 0.2) is 0 Å². The van der Waals surface area contributed by atoms with E-state index in [1.165, 1.54) is 12.7 Å². The Morgan fingerprint density at radius 2 is 1.53 bits per heavy atom. The highest BCUT2D eigenvalue weighted by Gasteiger charge is 2.47. The van der Waals surface area contributed by atoms with Crippen molar-refractivity contribution in [2.24, 2.45) is 11.8 Å². The first kappa shape index (κ1) is 22.1. The maximum atomic E-state index is 13.0. The highest BCUT2D eigenvalue weighted by Crippen LogP contribution is 2.44. The van der Waals surface area contributed by atoms with Crippen LogP contribution in [0.2, 0.25) is 0 Å². The molecule has 0 N–H and O–H groups in total. The number of carbonyl (C=O) groups excluding carboxylic acids is 2. The molecule has 0 bridgehead atoms. The Bertz CT molecular complexity index is 900. The van der Waals surface area contributed by atoms with Crippen LogP contribution in [0.1, 0.15) is 32.3 Å². The van der Waals surface area contributed by atoms with Gasteiger partial charge in [0.1, 0.15) is 5.75 Å². The Balaban J connectivity index is 0.00000256. The molecule has 2 aliphatic heterocycles. The molecule has 3 atom stereocenters. The third-order valence-electron chi connectivity index (χ3n) is 6.19. The second kappa shape index (κ2) is 9.06. The van der Waals surface area contributed by atoms with E-state index in [4.69, 9.17) is 9.47 Å². The first-order valence-corrected chi connectivity index (χ1v) is 9.83. The summed E-state index contributed by atoms with van der Waals surface area (Å²) in [5.74, 6) is 1.35. The number of rotatable bonds is 4. The molecule has 2 saturated heterocycles. The van der Waals surface area contributed by atoms with Crippen molar-refractivity contribution in [3.05, 3.63) is 65.2 Å². The van der Waals surface area contributed by atoms with Crippen molar-refractivity contribution in [2.45, 2.75) is 6.04 Å². The van der Waals surface area contributed by atoms with E-state index in [0.29, 0.717) is 29.0 Å². The molecule has 1 amide bonds. The number of nitrogens with zero attached hydrogens (tertiary/aromatic N) is 2. The molecule has 2 aliphatic rings. The Hall–Kier alpha value is -2.57. The van der Waals surface area contributed by atoms with Crippen molar-refractivity contribution in [3.63, 3.8) is 0 Å². The zero-order valence-corrected chi connectivity index (χ0v) is 18.2. The van der Waals surface area contributed by atoms with Crippen LogP contribution in [0.15, 0.2) is 48.5 Å². The number of hydrogen-bond acceptors (Lipinski definition) is 5. The van der Waals surface area contributed by atoms with Gasteiger partial charge in [-0.15, -0.1) is 12.4 Å². The maximum Gasteiger partial charge on any atom is 0.337 e. The summed E-state index contributed by atoms with van der Waals surface area (Å²) in [5.41, 5.74) is 2.31. The minimum atomic E-state index is -0.398. The van der Waals surface area contributed by atoms with Gasteiger partial charge in [-0.05, 0) is 54.9 Å². The highest BCUT2D eigenvalue weighted by atomic mass is 35.5. The smallest absolute Gasteiger partial charge is 0.337 e. The van der Waals surface area contributed by atoms with Gasteiger partial charge in [0.25, 0.3) is 5.91 Å². The molecule has 2 aromatic carbocycles. The fourth-order valence-corrected chi connectivity index (χ4v) is 4.78. The SMILES string of the molecule is COC(=O)c1ccc(C(=O)N2C[C@@H]3CN(C)[C@@H](c4ccc(OC)cc4)[C@@H]3C2)cc1.Cl. The van der Waals surface area contributed by atoms with Crippen molar-refractivity contribution in [3.8, 4) is 5.75 Å². The molecular formula is C23H27ClN2O4. The van der Waals surface area contributed by atoms with E-state index in [-0.39, 0.29) is 18.3 Å². The van der Waals surface area contributed by atoms with Crippen LogP contribution < -0.4 is 4.74 Å². The second-order valence-corrected chi connectivity index (χ2v) is 7.86. The third-order valence-corrected chi connectivity index (χ3v) is 6.19. The number of likely N-dealkylation sites (tertiary alicyclic amines) is 2. The van der Waals surface area contributed by atoms with Crippen LogP contribution in [0, 0.1) is 11.8 Å². The van der Waals surface area contributed by atoms with E-state index < -0.39 is 5.97 Å². The first-order chi connectivity index (χ1) is 14.0. The predicted molar refractivity (Wildman–Crippen MR) is 116 cm³/mol. The summed E-state index contributed by atoms with van der Waals surface area (Å²) in [6.07, 6.45) is 0. The number of benzene rings is 2. The van der Waals surface area contributed by atoms with Gasteiger partial charge in [0.05, 0.1) is 19.8 Å². The van der Waals surface area contributed by atoms with Crippen LogP contribution in [0.4, 0.5) is 0 Å². The molecule has 30 heavy (non-hydrogen) atoms. The van der Waals surface area contributed by atoms with E-state index in [1.807, 2.05) is 17.0 Å². The molecule has 0 aliphatic carbocycles. The highest BCUT2D eigenvalue weighted by molar-refractivity contribution is 5.96. The van der Waals surface area contributed by atoms with Crippen molar-refractivity contribution in [1.82, 2.24) is 9.80 Å². The van der Waals surface area contributed by atoms with Crippen LogP contribution in [0.25, 0.3) is 0 Å². The van der Waals surface area contributed by atoms with E-state index in [9.17, 15) is 9.59 Å². The molecule has 2 fully saturated rings. The number of halogens is 1. The van der Waals surface area contributed by atoms with Crippen molar-refractivity contribution >= 4 is 24.3 Å². The molecule has 0 unspecified atom stereocenters. The number of esters is 1. The van der Waals surface area contributed by atoms with Gasteiger partial charge < -0.3 is 14.4 Å². The molecule has 6 nitrogen and oxygen atoms in total. The molecular weight excluding hydrogens is 404 g/mol. The summed E-state index contributed by atoms with van der Waals surface area (Å²) < 4.78 is 10.00. The topological polar surface area (TPSA) is 59.1 Å². The zero-order chi connectivity index (χ0) is 20.5. The lowest BCUT2D eigenvalue weighted by Crippen LogP contribution is -2.33. The molecule has 2 heterocycles. The van der Waals surface area contributed by atoms with Gasteiger partial charge in [0.2, 0.25) is 0 Å². The number of hydrogen-bond donors (Lipinski definition) is 0. The fraction of sp³-hybridized carbons (Fsp3) is 0.391. The van der Waals surface area contributed by atoms with Gasteiger partial charge in [0, 0.05) is 37.2 Å². The van der Waals surface area contributed by atoms with Gasteiger partial charge in [-0.2, -0.15) is 0 Å². The van der Waals surface area contributed by atoms with Crippen molar-refractivity contribution < 1.29 is 19.1 Å². The fourth-order valence-electron chi connectivity index (χ4n) is 4.78. The average Bonchev–Trinajstić information content (AvgIpc) is 3.29. The van der Waals surface area contributed by atoms with Crippen LogP contribution in [-0.4, -0.2) is 62.6 Å². The Morgan fingerprint density at radius 3 is 2.13 bits per heavy atom. The van der Waals surface area contributed by atoms with E-state index in [2.05, 4.69) is 24.1 Å². The lowest BCUT2D eigenvalue weighted by molar-refractivity contribution is 0.0600. The standard InChI is InChI=1S/C23H26N2O4.ClH/c1-24-12-18-13-25(22(26)16-4-6-17(7-5-16)23(27)29-3)14-20(18)21(24)15-8-10-19(28-2)11-9-15;/h4-11,18,20-21H,12-14H2,1-3H3;1H/t18-,20+,21-;/m0./s1. The summed E-state index contributed by atoms with van der Waals surface area (Å²) in [7, 11) is 5.18. The quantitative estimate of drug-likeness (QED) is 0.697. The van der Waals surface area contributed by atoms with Crippen LogP contribution in [0.5, 0.6) is 5.75 Å². The average molecular weight is 431 g/mol. The first-order valence-electron chi connectivity index (χ1n) is 9.83. The number of methoxy groups -OCH3 is 2. The molecule has 2 aromatic rings. The molecule has 0 spiro atoms. The van der Waals surface area contributed by atoms with Crippen LogP contribution in [0.3, 0.4) is 0 Å². The van der Waals surface area contributed by atoms with Crippen LogP contribution in [-0.2, 0) is 4.74 Å². The molecule has 7 heteroatoms. The van der Waals surface area contributed by atoms with Gasteiger partial charge in [-0.25, -0.2) is 4.79 Å². The Kier molecular flexibility index (Phi) is 6.68. The van der Waals surface area contributed by atoms with Gasteiger partial charge in [-0.1, -0.05) is 12.1 Å². The van der Waals surface area contributed by atoms with Gasteiger partial charge in [-0.3, -0.25) is 9.69 Å². The number of fused-ring (bicyclic) bond motifs is 1. The maximum absolute atomic E-state index is 13.0. The molecule has 0 saturated carbocycles. The Labute approximate surface area is 183 Å². The summed E-state index contributed by atoms with van der Waals surface area (Å²) in [5, 5.41) is 0. The van der Waals surface area contributed by atoms with E-state index in [1.54, 1.807) is 31.4 Å². The summed E-state index contributed by atoms with van der Waals surface area (Å²) in [6, 6.07) is 15.2. The minimum Gasteiger partial charge on any atom is -0.497 e. The number of amides is 1. The molecule has 4 rings (SSSR count). The summed E-state index contributed by atoms with van der Waals surface area (Å²) >= 11 is 0. The van der Waals surface area contributed by atoms with Crippen molar-refractivity contribution in [2.75, 3.05) is 40.9 Å². The van der Waals surface area contributed by atoms with Gasteiger partial charge >= 0.3 is 5.97 Å². The second-order valence-electron chi connectivity index (χ2n) is 7.86. The molecule has 0 aromatic heterocycles. The van der Waals surface area contributed by atoms with E-state index in [0.717, 1.165) is 25.4 Å². The normalized spacial score (nSPS) is 22.9. The lowest BCUT2D eigenvalue weighted by Gasteiger charge is -2.27. The predicted octanol–water partition coefficient (Wildman–Crippen LogP) is 3.28. The molecule has 0 radical (unpaired) electrons. The number of ether oxygens (including phenoxy) is 2. The summed E-state index contributed by atoms with van der Waals surface area (Å²) in [4.78, 5) is 29.0. The third kappa shape index (κ3) is 4.02. The Morgan fingerprint density at radius 1 is 0.900 bits per heavy atom. The monoisotopic (exact) mass is 430 g/mol. The largest absolute Gasteiger partial charge is 0.497 e. The van der Waals surface area contributed by atoms with Crippen molar-refractivity contribution in [1.29, 1.82) is 0 Å². The van der Waals surface area contributed by atoms with E-state index >= 15 is 0 Å². The minimum absolute atomic E-state index is 0. The summed E-state index contributed by atoms with van der Waals surface area (Å²) in [6.45, 7) is 2.48. The number of carbonyl (C=O) groups is 2.